The summed E-state index contributed by atoms with van der Waals surface area (Å²) < 4.78 is 4.97. The summed E-state index contributed by atoms with van der Waals surface area (Å²) in [7, 11) is 0. The predicted octanol–water partition coefficient (Wildman–Crippen LogP) is -0.323. The Kier molecular flexibility index (Phi) is 3.84. The number of nitrogens with zero attached hydrogens (tertiary/aromatic N) is 1. The second-order valence-corrected chi connectivity index (χ2v) is 4.65. The minimum atomic E-state index is -0.465. The lowest BCUT2D eigenvalue weighted by molar-refractivity contribution is -0.154. The van der Waals surface area contributed by atoms with Gasteiger partial charge in [0.25, 0.3) is 0 Å². The van der Waals surface area contributed by atoms with Crippen LogP contribution in [0.1, 0.15) is 26.2 Å². The van der Waals surface area contributed by atoms with Gasteiger partial charge < -0.3 is 15.0 Å². The number of hydrogen-bond acceptors (Lipinski definition) is 4. The highest BCUT2D eigenvalue weighted by Crippen LogP contribution is 2.23. The second-order valence-electron chi connectivity index (χ2n) is 4.65. The SMILES string of the molecule is CCOC(=O)C1CCCN1C(=O)C1CNC(=O)C1. The molecule has 2 amide bonds. The number of esters is 1. The van der Waals surface area contributed by atoms with Crippen LogP contribution in [0.4, 0.5) is 0 Å². The monoisotopic (exact) mass is 254 g/mol. The van der Waals surface area contributed by atoms with E-state index in [0.29, 0.717) is 26.1 Å². The van der Waals surface area contributed by atoms with Gasteiger partial charge in [-0.15, -0.1) is 0 Å². The van der Waals surface area contributed by atoms with E-state index in [4.69, 9.17) is 4.74 Å². The van der Waals surface area contributed by atoms with Crippen molar-refractivity contribution in [3.8, 4) is 0 Å². The molecule has 2 rings (SSSR count). The molecular weight excluding hydrogens is 236 g/mol. The molecule has 1 N–H and O–H groups in total. The summed E-state index contributed by atoms with van der Waals surface area (Å²) in [5, 5.41) is 2.64. The summed E-state index contributed by atoms with van der Waals surface area (Å²) in [5.74, 6) is -0.864. The van der Waals surface area contributed by atoms with Crippen LogP contribution >= 0.6 is 0 Å². The molecule has 6 heteroatoms. The summed E-state index contributed by atoms with van der Waals surface area (Å²) in [6.07, 6.45) is 1.69. The van der Waals surface area contributed by atoms with Crippen LogP contribution < -0.4 is 5.32 Å². The fourth-order valence-corrected chi connectivity index (χ4v) is 2.53. The molecule has 2 heterocycles. The zero-order valence-electron chi connectivity index (χ0n) is 10.5. The molecule has 0 aliphatic carbocycles. The lowest BCUT2D eigenvalue weighted by Gasteiger charge is -2.25. The van der Waals surface area contributed by atoms with E-state index in [9.17, 15) is 14.4 Å². The van der Waals surface area contributed by atoms with E-state index in [-0.39, 0.29) is 30.1 Å². The van der Waals surface area contributed by atoms with Crippen LogP contribution in [-0.4, -0.2) is 48.4 Å². The molecule has 0 radical (unpaired) electrons. The third kappa shape index (κ3) is 2.47. The van der Waals surface area contributed by atoms with E-state index in [1.54, 1.807) is 11.8 Å². The third-order valence-corrected chi connectivity index (χ3v) is 3.42. The molecule has 2 atom stereocenters. The highest BCUT2D eigenvalue weighted by molar-refractivity contribution is 5.91. The van der Waals surface area contributed by atoms with E-state index in [0.717, 1.165) is 6.42 Å². The maximum Gasteiger partial charge on any atom is 0.328 e. The van der Waals surface area contributed by atoms with Crippen LogP contribution in [0, 0.1) is 5.92 Å². The Morgan fingerprint density at radius 3 is 2.89 bits per heavy atom. The number of carbonyl (C=O) groups excluding carboxylic acids is 3. The third-order valence-electron chi connectivity index (χ3n) is 3.42. The van der Waals surface area contributed by atoms with Gasteiger partial charge in [-0.05, 0) is 19.8 Å². The van der Waals surface area contributed by atoms with E-state index < -0.39 is 6.04 Å². The molecule has 0 bridgehead atoms. The fourth-order valence-electron chi connectivity index (χ4n) is 2.53. The van der Waals surface area contributed by atoms with Crippen LogP contribution in [0.25, 0.3) is 0 Å². The molecule has 0 aromatic rings. The first-order valence-electron chi connectivity index (χ1n) is 6.37. The van der Waals surface area contributed by atoms with Gasteiger partial charge in [-0.3, -0.25) is 9.59 Å². The molecule has 2 aliphatic heterocycles. The van der Waals surface area contributed by atoms with Gasteiger partial charge in [0, 0.05) is 19.5 Å². The van der Waals surface area contributed by atoms with Crippen LogP contribution in [0.15, 0.2) is 0 Å². The zero-order chi connectivity index (χ0) is 13.1. The van der Waals surface area contributed by atoms with Crippen LogP contribution in [0.2, 0.25) is 0 Å². The zero-order valence-corrected chi connectivity index (χ0v) is 10.5. The second kappa shape index (κ2) is 5.37. The number of rotatable bonds is 3. The van der Waals surface area contributed by atoms with Gasteiger partial charge in [0.1, 0.15) is 6.04 Å². The molecule has 18 heavy (non-hydrogen) atoms. The maximum atomic E-state index is 12.2. The number of carbonyl (C=O) groups is 3. The molecule has 0 saturated carbocycles. The predicted molar refractivity (Wildman–Crippen MR) is 62.5 cm³/mol. The van der Waals surface area contributed by atoms with Crippen molar-refractivity contribution < 1.29 is 19.1 Å². The van der Waals surface area contributed by atoms with Crippen LogP contribution in [-0.2, 0) is 19.1 Å². The van der Waals surface area contributed by atoms with E-state index in [1.165, 1.54) is 0 Å². The average molecular weight is 254 g/mol. The van der Waals surface area contributed by atoms with Gasteiger partial charge in [0.15, 0.2) is 0 Å². The normalized spacial score (nSPS) is 27.2. The summed E-state index contributed by atoms with van der Waals surface area (Å²) in [6, 6.07) is -0.465. The molecule has 100 valence electrons. The van der Waals surface area contributed by atoms with Gasteiger partial charge in [0.05, 0.1) is 12.5 Å². The Labute approximate surface area is 106 Å². The minimum Gasteiger partial charge on any atom is -0.464 e. The number of hydrogen-bond donors (Lipinski definition) is 1. The number of ether oxygens (including phenoxy) is 1. The number of nitrogens with one attached hydrogen (secondary N) is 1. The largest absolute Gasteiger partial charge is 0.464 e. The van der Waals surface area contributed by atoms with Crippen LogP contribution in [0.5, 0.6) is 0 Å². The van der Waals surface area contributed by atoms with Crippen LogP contribution in [0.3, 0.4) is 0 Å². The van der Waals surface area contributed by atoms with Crippen molar-refractivity contribution in [2.75, 3.05) is 19.7 Å². The Balaban J connectivity index is 2.00. The van der Waals surface area contributed by atoms with Gasteiger partial charge in [-0.25, -0.2) is 4.79 Å². The lowest BCUT2D eigenvalue weighted by Crippen LogP contribution is -2.44. The summed E-state index contributed by atoms with van der Waals surface area (Å²) in [5.41, 5.74) is 0. The molecular formula is C12H18N2O4. The summed E-state index contributed by atoms with van der Waals surface area (Å²) in [4.78, 5) is 36.7. The summed E-state index contributed by atoms with van der Waals surface area (Å²) in [6.45, 7) is 3.02. The van der Waals surface area contributed by atoms with Gasteiger partial charge in [0.2, 0.25) is 11.8 Å². The van der Waals surface area contributed by atoms with Crippen molar-refractivity contribution in [3.05, 3.63) is 0 Å². The Bertz CT molecular complexity index is 369. The van der Waals surface area contributed by atoms with E-state index in [1.807, 2.05) is 0 Å². The smallest absolute Gasteiger partial charge is 0.328 e. The first kappa shape index (κ1) is 12.9. The van der Waals surface area contributed by atoms with Gasteiger partial charge in [-0.2, -0.15) is 0 Å². The van der Waals surface area contributed by atoms with Crippen molar-refractivity contribution in [2.24, 2.45) is 5.92 Å². The number of likely N-dealkylation sites (tertiary alicyclic amines) is 1. The molecule has 6 nitrogen and oxygen atoms in total. The lowest BCUT2D eigenvalue weighted by atomic mass is 10.1. The highest BCUT2D eigenvalue weighted by Gasteiger charge is 2.39. The molecule has 2 unspecified atom stereocenters. The fraction of sp³-hybridized carbons (Fsp3) is 0.750. The molecule has 2 fully saturated rings. The van der Waals surface area contributed by atoms with Crippen molar-refractivity contribution in [1.82, 2.24) is 10.2 Å². The Hall–Kier alpha value is -1.59. The standard InChI is InChI=1S/C12H18N2O4/c1-2-18-12(17)9-4-3-5-14(9)11(16)8-6-10(15)13-7-8/h8-9H,2-7H2,1H3,(H,13,15). The summed E-state index contributed by atoms with van der Waals surface area (Å²) >= 11 is 0. The molecule has 2 saturated heterocycles. The van der Waals surface area contributed by atoms with Crippen molar-refractivity contribution in [2.45, 2.75) is 32.2 Å². The van der Waals surface area contributed by atoms with Crippen molar-refractivity contribution in [1.29, 1.82) is 0 Å². The van der Waals surface area contributed by atoms with Gasteiger partial charge >= 0.3 is 5.97 Å². The van der Waals surface area contributed by atoms with E-state index >= 15 is 0 Å². The first-order valence-corrected chi connectivity index (χ1v) is 6.37. The van der Waals surface area contributed by atoms with Crippen molar-refractivity contribution in [3.63, 3.8) is 0 Å². The van der Waals surface area contributed by atoms with Gasteiger partial charge in [-0.1, -0.05) is 0 Å². The Morgan fingerprint density at radius 1 is 1.50 bits per heavy atom. The van der Waals surface area contributed by atoms with E-state index in [2.05, 4.69) is 5.32 Å². The maximum absolute atomic E-state index is 12.2. The highest BCUT2D eigenvalue weighted by atomic mass is 16.5. The minimum absolute atomic E-state index is 0.0970. The topological polar surface area (TPSA) is 75.7 Å². The molecule has 0 spiro atoms. The Morgan fingerprint density at radius 2 is 2.28 bits per heavy atom. The molecule has 0 aromatic carbocycles. The first-order chi connectivity index (χ1) is 8.63. The molecule has 2 aliphatic rings. The molecule has 0 aromatic heterocycles. The van der Waals surface area contributed by atoms with Crippen molar-refractivity contribution >= 4 is 17.8 Å². The number of amides is 2. The quantitative estimate of drug-likeness (QED) is 0.700. The average Bonchev–Trinajstić information content (AvgIpc) is 2.96.